The first-order valence-corrected chi connectivity index (χ1v) is 6.46. The Morgan fingerprint density at radius 2 is 2.15 bits per heavy atom. The molecule has 0 aliphatic carbocycles. The summed E-state index contributed by atoms with van der Waals surface area (Å²) in [5.41, 5.74) is 3.55. The van der Waals surface area contributed by atoms with E-state index in [2.05, 4.69) is 9.72 Å². The largest absolute Gasteiger partial charge is 0.466 e. The molecule has 0 saturated heterocycles. The average Bonchev–Trinajstić information content (AvgIpc) is 2.48. The average molecular weight is 288 g/mol. The molecule has 0 aliphatic heterocycles. The third-order valence-electron chi connectivity index (χ3n) is 2.93. The van der Waals surface area contributed by atoms with Crippen LogP contribution in [-0.4, -0.2) is 18.1 Å². The van der Waals surface area contributed by atoms with Gasteiger partial charge in [0.25, 0.3) is 0 Å². The molecular formula is C16H14ClNO2. The van der Waals surface area contributed by atoms with Crippen LogP contribution in [0.5, 0.6) is 0 Å². The molecule has 0 unspecified atom stereocenters. The number of carbonyl (C=O) groups excluding carboxylic acids is 1. The summed E-state index contributed by atoms with van der Waals surface area (Å²) >= 11 is 6.23. The zero-order valence-electron chi connectivity index (χ0n) is 11.3. The van der Waals surface area contributed by atoms with Gasteiger partial charge in [0.2, 0.25) is 0 Å². The van der Waals surface area contributed by atoms with Gasteiger partial charge >= 0.3 is 5.97 Å². The first kappa shape index (κ1) is 14.3. The van der Waals surface area contributed by atoms with Gasteiger partial charge in [-0.25, -0.2) is 4.79 Å². The van der Waals surface area contributed by atoms with Crippen molar-refractivity contribution in [2.75, 3.05) is 7.11 Å². The Morgan fingerprint density at radius 1 is 1.35 bits per heavy atom. The topological polar surface area (TPSA) is 39.2 Å². The van der Waals surface area contributed by atoms with Gasteiger partial charge in [0, 0.05) is 34.6 Å². The molecule has 0 N–H and O–H groups in total. The molecule has 0 aliphatic rings. The summed E-state index contributed by atoms with van der Waals surface area (Å²) in [5.74, 6) is -0.375. The second-order valence-corrected chi connectivity index (χ2v) is 4.69. The number of esters is 1. The Bertz CT molecular complexity index is 651. The van der Waals surface area contributed by atoms with E-state index in [9.17, 15) is 4.79 Å². The van der Waals surface area contributed by atoms with Crippen LogP contribution in [-0.2, 0) is 9.53 Å². The molecule has 0 bridgehead atoms. The van der Waals surface area contributed by atoms with Gasteiger partial charge in [-0.05, 0) is 36.3 Å². The summed E-state index contributed by atoms with van der Waals surface area (Å²) in [4.78, 5) is 15.4. The summed E-state index contributed by atoms with van der Waals surface area (Å²) < 4.78 is 4.63. The molecule has 1 aromatic carbocycles. The lowest BCUT2D eigenvalue weighted by molar-refractivity contribution is -0.134. The maximum Gasteiger partial charge on any atom is 0.330 e. The molecule has 2 aromatic rings. The Hall–Kier alpha value is -2.13. The fourth-order valence-corrected chi connectivity index (χ4v) is 2.06. The van der Waals surface area contributed by atoms with Crippen molar-refractivity contribution in [2.24, 2.45) is 0 Å². The number of carbonyl (C=O) groups is 1. The highest BCUT2D eigenvalue weighted by molar-refractivity contribution is 6.33. The normalized spacial score (nSPS) is 11.2. The van der Waals surface area contributed by atoms with E-state index in [1.165, 1.54) is 13.2 Å². The van der Waals surface area contributed by atoms with Crippen LogP contribution in [0.25, 0.3) is 16.7 Å². The van der Waals surface area contributed by atoms with E-state index in [1.807, 2.05) is 37.3 Å². The molecule has 2 rings (SSSR count). The van der Waals surface area contributed by atoms with Crippen LogP contribution in [0.1, 0.15) is 12.5 Å². The van der Waals surface area contributed by atoms with Gasteiger partial charge in [-0.15, -0.1) is 0 Å². The number of hydrogen-bond acceptors (Lipinski definition) is 3. The lowest BCUT2D eigenvalue weighted by Crippen LogP contribution is -1.96. The highest BCUT2D eigenvalue weighted by Gasteiger charge is 2.07. The quantitative estimate of drug-likeness (QED) is 0.633. The zero-order valence-corrected chi connectivity index (χ0v) is 12.0. The SMILES string of the molecule is COC(=O)/C=C(\C)c1ccc(Cl)c(-c2cccnc2)c1. The lowest BCUT2D eigenvalue weighted by atomic mass is 10.0. The predicted octanol–water partition coefficient (Wildman–Crippen LogP) is 3.98. The Balaban J connectivity index is 2.44. The van der Waals surface area contributed by atoms with E-state index in [-0.39, 0.29) is 5.97 Å². The second kappa shape index (κ2) is 6.35. The summed E-state index contributed by atoms with van der Waals surface area (Å²) in [6, 6.07) is 9.42. The highest BCUT2D eigenvalue weighted by Crippen LogP contribution is 2.30. The number of halogens is 1. The number of benzene rings is 1. The van der Waals surface area contributed by atoms with E-state index in [0.29, 0.717) is 5.02 Å². The molecule has 102 valence electrons. The first-order chi connectivity index (χ1) is 9.61. The van der Waals surface area contributed by atoms with Crippen molar-refractivity contribution in [3.63, 3.8) is 0 Å². The Morgan fingerprint density at radius 3 is 2.80 bits per heavy atom. The van der Waals surface area contributed by atoms with Crippen LogP contribution in [0, 0.1) is 0 Å². The zero-order chi connectivity index (χ0) is 14.5. The van der Waals surface area contributed by atoms with Crippen LogP contribution in [0.2, 0.25) is 5.02 Å². The molecular weight excluding hydrogens is 274 g/mol. The molecule has 0 amide bonds. The van der Waals surface area contributed by atoms with Gasteiger partial charge in [0.15, 0.2) is 0 Å². The smallest absolute Gasteiger partial charge is 0.330 e. The molecule has 3 nitrogen and oxygen atoms in total. The molecule has 0 fully saturated rings. The van der Waals surface area contributed by atoms with E-state index in [4.69, 9.17) is 11.6 Å². The monoisotopic (exact) mass is 287 g/mol. The van der Waals surface area contributed by atoms with Crippen molar-refractivity contribution >= 4 is 23.1 Å². The van der Waals surface area contributed by atoms with Crippen LogP contribution in [0.15, 0.2) is 48.8 Å². The standard InChI is InChI=1S/C16H14ClNO2/c1-11(8-16(19)20-2)12-5-6-15(17)14(9-12)13-4-3-7-18-10-13/h3-10H,1-2H3/b11-8+. The van der Waals surface area contributed by atoms with Crippen LogP contribution in [0.4, 0.5) is 0 Å². The van der Waals surface area contributed by atoms with Gasteiger partial charge in [-0.1, -0.05) is 23.7 Å². The second-order valence-electron chi connectivity index (χ2n) is 4.29. The number of allylic oxidation sites excluding steroid dienone is 1. The van der Waals surface area contributed by atoms with E-state index >= 15 is 0 Å². The van der Waals surface area contributed by atoms with Crippen LogP contribution >= 0.6 is 11.6 Å². The number of methoxy groups -OCH3 is 1. The fraction of sp³-hybridized carbons (Fsp3) is 0.125. The number of aromatic nitrogens is 1. The molecule has 0 saturated carbocycles. The highest BCUT2D eigenvalue weighted by atomic mass is 35.5. The summed E-state index contributed by atoms with van der Waals surface area (Å²) in [7, 11) is 1.36. The summed E-state index contributed by atoms with van der Waals surface area (Å²) in [6.45, 7) is 1.85. The van der Waals surface area contributed by atoms with Crippen LogP contribution < -0.4 is 0 Å². The van der Waals surface area contributed by atoms with Gasteiger partial charge < -0.3 is 4.74 Å². The summed E-state index contributed by atoms with van der Waals surface area (Å²) in [6.07, 6.45) is 4.92. The molecule has 1 aromatic heterocycles. The number of hydrogen-bond donors (Lipinski definition) is 0. The molecule has 1 heterocycles. The molecule has 20 heavy (non-hydrogen) atoms. The third-order valence-corrected chi connectivity index (χ3v) is 3.26. The Labute approximate surface area is 122 Å². The number of rotatable bonds is 3. The van der Waals surface area contributed by atoms with Crippen molar-refractivity contribution in [3.05, 3.63) is 59.4 Å². The molecule has 0 radical (unpaired) electrons. The maximum absolute atomic E-state index is 11.3. The van der Waals surface area contributed by atoms with E-state index < -0.39 is 0 Å². The third kappa shape index (κ3) is 3.25. The molecule has 4 heteroatoms. The van der Waals surface area contributed by atoms with Gasteiger partial charge in [-0.3, -0.25) is 4.98 Å². The first-order valence-electron chi connectivity index (χ1n) is 6.08. The maximum atomic E-state index is 11.3. The van der Waals surface area contributed by atoms with Crippen molar-refractivity contribution in [3.8, 4) is 11.1 Å². The van der Waals surface area contributed by atoms with Crippen LogP contribution in [0.3, 0.4) is 0 Å². The van der Waals surface area contributed by atoms with Crippen molar-refractivity contribution in [1.29, 1.82) is 0 Å². The summed E-state index contributed by atoms with van der Waals surface area (Å²) in [5, 5.41) is 0.646. The lowest BCUT2D eigenvalue weighted by Gasteiger charge is -2.08. The minimum Gasteiger partial charge on any atom is -0.466 e. The molecule has 0 spiro atoms. The number of pyridine rings is 1. The minimum atomic E-state index is -0.375. The minimum absolute atomic E-state index is 0.375. The van der Waals surface area contributed by atoms with Gasteiger partial charge in [-0.2, -0.15) is 0 Å². The Kier molecular flexibility index (Phi) is 4.53. The van der Waals surface area contributed by atoms with Crippen molar-refractivity contribution < 1.29 is 9.53 Å². The fourth-order valence-electron chi connectivity index (χ4n) is 1.83. The van der Waals surface area contributed by atoms with E-state index in [1.54, 1.807) is 12.4 Å². The number of nitrogens with zero attached hydrogens (tertiary/aromatic N) is 1. The predicted molar refractivity (Wildman–Crippen MR) is 80.4 cm³/mol. The molecule has 0 atom stereocenters. The van der Waals surface area contributed by atoms with Crippen molar-refractivity contribution in [1.82, 2.24) is 4.98 Å². The van der Waals surface area contributed by atoms with E-state index in [0.717, 1.165) is 22.3 Å². The van der Waals surface area contributed by atoms with Gasteiger partial charge in [0.05, 0.1) is 7.11 Å². The van der Waals surface area contributed by atoms with Gasteiger partial charge in [0.1, 0.15) is 0 Å². The van der Waals surface area contributed by atoms with Crippen molar-refractivity contribution in [2.45, 2.75) is 6.92 Å². The number of ether oxygens (including phenoxy) is 1.